The summed E-state index contributed by atoms with van der Waals surface area (Å²) < 4.78 is 0. The number of nitrogens with two attached hydrogens (primary N) is 2. The molecular formula is C15H22N4O2. The Morgan fingerprint density at radius 2 is 2.00 bits per heavy atom. The van der Waals surface area contributed by atoms with E-state index in [4.69, 9.17) is 11.5 Å². The molecule has 2 rings (SSSR count). The van der Waals surface area contributed by atoms with Gasteiger partial charge in [0.05, 0.1) is 6.04 Å². The molecule has 1 atom stereocenters. The second-order valence-electron chi connectivity index (χ2n) is 5.37. The predicted molar refractivity (Wildman–Crippen MR) is 82.5 cm³/mol. The maximum atomic E-state index is 11.8. The van der Waals surface area contributed by atoms with Gasteiger partial charge in [0.25, 0.3) is 0 Å². The number of hydrogen-bond donors (Lipinski definition) is 3. The molecule has 0 saturated carbocycles. The number of nitrogens with zero attached hydrogens (tertiary/aromatic N) is 1. The number of primary amides is 1. The predicted octanol–water partition coefficient (Wildman–Crippen LogP) is 0.937. The fraction of sp³-hybridized carbons (Fsp3) is 0.467. The summed E-state index contributed by atoms with van der Waals surface area (Å²) in [5.41, 5.74) is 12.4. The minimum atomic E-state index is -0.265. The van der Waals surface area contributed by atoms with Gasteiger partial charge < -0.3 is 16.8 Å². The maximum Gasteiger partial charge on any atom is 0.234 e. The lowest BCUT2D eigenvalue weighted by molar-refractivity contribution is -0.122. The zero-order valence-corrected chi connectivity index (χ0v) is 12.0. The first kappa shape index (κ1) is 15.3. The molecule has 6 heteroatoms. The SMILES string of the molecule is NC(=O)C1CCCN1CCCC(=O)Nc1ccc(N)cc1. The van der Waals surface area contributed by atoms with Crippen LogP contribution in [0, 0.1) is 0 Å². The normalized spacial score (nSPS) is 18.6. The molecule has 0 radical (unpaired) electrons. The van der Waals surface area contributed by atoms with Crippen molar-refractivity contribution in [2.24, 2.45) is 5.73 Å². The van der Waals surface area contributed by atoms with Gasteiger partial charge in [-0.15, -0.1) is 0 Å². The van der Waals surface area contributed by atoms with E-state index in [9.17, 15) is 9.59 Å². The highest BCUT2D eigenvalue weighted by Gasteiger charge is 2.28. The van der Waals surface area contributed by atoms with Gasteiger partial charge in [-0.2, -0.15) is 0 Å². The van der Waals surface area contributed by atoms with Crippen molar-refractivity contribution in [2.45, 2.75) is 31.7 Å². The van der Waals surface area contributed by atoms with Crippen LogP contribution in [0.4, 0.5) is 11.4 Å². The lowest BCUT2D eigenvalue weighted by Gasteiger charge is -2.21. The van der Waals surface area contributed by atoms with E-state index < -0.39 is 0 Å². The number of nitrogens with one attached hydrogen (secondary N) is 1. The summed E-state index contributed by atoms with van der Waals surface area (Å²) in [5, 5.41) is 2.82. The van der Waals surface area contributed by atoms with Crippen molar-refractivity contribution in [3.05, 3.63) is 24.3 Å². The van der Waals surface area contributed by atoms with E-state index in [2.05, 4.69) is 10.2 Å². The van der Waals surface area contributed by atoms with Gasteiger partial charge in [-0.1, -0.05) is 0 Å². The van der Waals surface area contributed by atoms with Crippen LogP contribution in [0.25, 0.3) is 0 Å². The van der Waals surface area contributed by atoms with Crippen molar-refractivity contribution in [3.63, 3.8) is 0 Å². The van der Waals surface area contributed by atoms with Gasteiger partial charge in [0.1, 0.15) is 0 Å². The molecule has 1 heterocycles. The van der Waals surface area contributed by atoms with Crippen molar-refractivity contribution < 1.29 is 9.59 Å². The van der Waals surface area contributed by atoms with Gasteiger partial charge in [-0.05, 0) is 56.6 Å². The molecule has 2 amide bonds. The molecule has 114 valence electrons. The van der Waals surface area contributed by atoms with E-state index in [0.29, 0.717) is 18.5 Å². The molecule has 21 heavy (non-hydrogen) atoms. The van der Waals surface area contributed by atoms with Gasteiger partial charge in [-0.3, -0.25) is 14.5 Å². The summed E-state index contributed by atoms with van der Waals surface area (Å²) in [5.74, 6) is -0.298. The molecule has 0 aromatic heterocycles. The molecule has 0 bridgehead atoms. The van der Waals surface area contributed by atoms with E-state index in [0.717, 1.165) is 31.6 Å². The molecule has 1 aromatic carbocycles. The van der Waals surface area contributed by atoms with E-state index >= 15 is 0 Å². The van der Waals surface area contributed by atoms with Crippen LogP contribution in [0.15, 0.2) is 24.3 Å². The van der Waals surface area contributed by atoms with Gasteiger partial charge in [0.15, 0.2) is 0 Å². The first-order valence-electron chi connectivity index (χ1n) is 7.25. The number of carbonyl (C=O) groups excluding carboxylic acids is 2. The van der Waals surface area contributed by atoms with Crippen LogP contribution in [0.2, 0.25) is 0 Å². The third-order valence-electron chi connectivity index (χ3n) is 3.74. The van der Waals surface area contributed by atoms with Crippen molar-refractivity contribution in [1.29, 1.82) is 0 Å². The highest BCUT2D eigenvalue weighted by atomic mass is 16.2. The maximum absolute atomic E-state index is 11.8. The number of carbonyl (C=O) groups is 2. The Kier molecular flexibility index (Phi) is 5.16. The summed E-state index contributed by atoms with van der Waals surface area (Å²) in [7, 11) is 0. The third-order valence-corrected chi connectivity index (χ3v) is 3.74. The summed E-state index contributed by atoms with van der Waals surface area (Å²) in [6.45, 7) is 1.61. The van der Waals surface area contributed by atoms with Crippen LogP contribution in [0.3, 0.4) is 0 Å². The van der Waals surface area contributed by atoms with Gasteiger partial charge >= 0.3 is 0 Å². The van der Waals surface area contributed by atoms with Crippen molar-refractivity contribution in [2.75, 3.05) is 24.1 Å². The third kappa shape index (κ3) is 4.46. The number of anilines is 2. The van der Waals surface area contributed by atoms with E-state index in [-0.39, 0.29) is 17.9 Å². The summed E-state index contributed by atoms with van der Waals surface area (Å²) in [6, 6.07) is 6.88. The Labute approximate surface area is 124 Å². The first-order valence-corrected chi connectivity index (χ1v) is 7.25. The molecule has 6 nitrogen and oxygen atoms in total. The smallest absolute Gasteiger partial charge is 0.234 e. The van der Waals surface area contributed by atoms with Crippen LogP contribution in [-0.2, 0) is 9.59 Å². The summed E-state index contributed by atoms with van der Waals surface area (Å²) in [6.07, 6.45) is 2.95. The van der Waals surface area contributed by atoms with Gasteiger partial charge in [0, 0.05) is 17.8 Å². The standard InChI is InChI=1S/C15H22N4O2/c16-11-5-7-12(8-6-11)18-14(20)4-2-10-19-9-1-3-13(19)15(17)21/h5-8,13H,1-4,9-10,16H2,(H2,17,21)(H,18,20). The number of benzene rings is 1. The molecule has 0 spiro atoms. The molecular weight excluding hydrogens is 268 g/mol. The van der Waals surface area contributed by atoms with Gasteiger partial charge in [-0.25, -0.2) is 0 Å². The number of hydrogen-bond acceptors (Lipinski definition) is 4. The lowest BCUT2D eigenvalue weighted by Crippen LogP contribution is -2.40. The van der Waals surface area contributed by atoms with E-state index in [1.165, 1.54) is 0 Å². The molecule has 1 aromatic rings. The summed E-state index contributed by atoms with van der Waals surface area (Å²) >= 11 is 0. The van der Waals surface area contributed by atoms with Crippen LogP contribution in [0.5, 0.6) is 0 Å². The Balaban J connectivity index is 1.72. The highest BCUT2D eigenvalue weighted by molar-refractivity contribution is 5.90. The second kappa shape index (κ2) is 7.08. The van der Waals surface area contributed by atoms with Gasteiger partial charge in [0.2, 0.25) is 11.8 Å². The molecule has 5 N–H and O–H groups in total. The number of likely N-dealkylation sites (tertiary alicyclic amines) is 1. The average molecular weight is 290 g/mol. The average Bonchev–Trinajstić information content (AvgIpc) is 2.90. The van der Waals surface area contributed by atoms with Crippen LogP contribution >= 0.6 is 0 Å². The molecule has 1 fully saturated rings. The van der Waals surface area contributed by atoms with Crippen molar-refractivity contribution >= 4 is 23.2 Å². The van der Waals surface area contributed by atoms with Crippen molar-refractivity contribution in [1.82, 2.24) is 4.90 Å². The van der Waals surface area contributed by atoms with Crippen LogP contribution < -0.4 is 16.8 Å². The number of nitrogen functional groups attached to an aromatic ring is 1. The molecule has 0 aliphatic carbocycles. The summed E-state index contributed by atoms with van der Waals surface area (Å²) in [4.78, 5) is 25.2. The monoisotopic (exact) mass is 290 g/mol. The lowest BCUT2D eigenvalue weighted by atomic mass is 10.2. The largest absolute Gasteiger partial charge is 0.399 e. The quantitative estimate of drug-likeness (QED) is 0.678. The van der Waals surface area contributed by atoms with Crippen LogP contribution in [-0.4, -0.2) is 35.8 Å². The molecule has 1 unspecified atom stereocenters. The first-order chi connectivity index (χ1) is 10.1. The van der Waals surface area contributed by atoms with E-state index in [1.54, 1.807) is 24.3 Å². The Morgan fingerprint density at radius 1 is 1.29 bits per heavy atom. The number of amides is 2. The zero-order valence-electron chi connectivity index (χ0n) is 12.0. The minimum absolute atomic E-state index is 0.0328. The molecule has 1 aliphatic rings. The fourth-order valence-electron chi connectivity index (χ4n) is 2.65. The Bertz CT molecular complexity index is 501. The molecule has 1 saturated heterocycles. The zero-order chi connectivity index (χ0) is 15.2. The van der Waals surface area contributed by atoms with E-state index in [1.807, 2.05) is 0 Å². The van der Waals surface area contributed by atoms with Crippen LogP contribution in [0.1, 0.15) is 25.7 Å². The number of rotatable bonds is 6. The Hall–Kier alpha value is -2.08. The molecule has 1 aliphatic heterocycles. The minimum Gasteiger partial charge on any atom is -0.399 e. The second-order valence-corrected chi connectivity index (χ2v) is 5.37. The fourth-order valence-corrected chi connectivity index (χ4v) is 2.65. The topological polar surface area (TPSA) is 101 Å². The Morgan fingerprint density at radius 3 is 2.67 bits per heavy atom. The van der Waals surface area contributed by atoms with Crippen molar-refractivity contribution in [3.8, 4) is 0 Å². The highest BCUT2D eigenvalue weighted by Crippen LogP contribution is 2.17.